The molecule has 2 aromatic heterocycles. The Balaban J connectivity index is 1.14. The average molecular weight is 618 g/mol. The minimum atomic E-state index is -0.831. The van der Waals surface area contributed by atoms with Crippen molar-refractivity contribution in [3.63, 3.8) is 0 Å². The van der Waals surface area contributed by atoms with Gasteiger partial charge in [-0.25, -0.2) is 4.98 Å². The molecule has 3 heterocycles. The molecule has 0 bridgehead atoms. The zero-order chi connectivity index (χ0) is 31.5. The smallest absolute Gasteiger partial charge is 0.287 e. The highest BCUT2D eigenvalue weighted by atomic mass is 16.3. The molecule has 1 saturated carbocycles. The predicted octanol–water partition coefficient (Wildman–Crippen LogP) is 5.77. The molecule has 2 fully saturated rings. The SMILES string of the molecule is O=C(N[C@@H](Cc1ccc2ccccc2c1)C(=O)N1CCC(Cn2cncn2)(C2CCCCC2)CC1)c1cc(=O)c2ccccc2o1. The summed E-state index contributed by atoms with van der Waals surface area (Å²) in [6, 6.07) is 21.4. The molecule has 1 N–H and O–H groups in total. The van der Waals surface area contributed by atoms with E-state index in [4.69, 9.17) is 4.42 Å². The summed E-state index contributed by atoms with van der Waals surface area (Å²) < 4.78 is 7.78. The molecule has 9 nitrogen and oxygen atoms in total. The van der Waals surface area contributed by atoms with Gasteiger partial charge in [-0.1, -0.05) is 73.9 Å². The van der Waals surface area contributed by atoms with Gasteiger partial charge in [0.1, 0.15) is 24.3 Å². The van der Waals surface area contributed by atoms with Crippen LogP contribution >= 0.6 is 0 Å². The highest BCUT2D eigenvalue weighted by Gasteiger charge is 2.44. The number of nitrogens with zero attached hydrogens (tertiary/aromatic N) is 4. The minimum Gasteiger partial charge on any atom is -0.451 e. The second-order valence-corrected chi connectivity index (χ2v) is 13.0. The topological polar surface area (TPSA) is 110 Å². The molecule has 1 aliphatic heterocycles. The van der Waals surface area contributed by atoms with Gasteiger partial charge in [0.2, 0.25) is 5.91 Å². The van der Waals surface area contributed by atoms with E-state index in [2.05, 4.69) is 27.5 Å². The number of carbonyl (C=O) groups is 2. The maximum atomic E-state index is 14.3. The molecule has 2 aliphatic rings. The molecule has 46 heavy (non-hydrogen) atoms. The van der Waals surface area contributed by atoms with E-state index in [1.54, 1.807) is 36.9 Å². The largest absolute Gasteiger partial charge is 0.451 e. The summed E-state index contributed by atoms with van der Waals surface area (Å²) >= 11 is 0. The van der Waals surface area contributed by atoms with Gasteiger partial charge in [0.15, 0.2) is 11.2 Å². The summed E-state index contributed by atoms with van der Waals surface area (Å²) in [5.41, 5.74) is 1.03. The average Bonchev–Trinajstić information content (AvgIpc) is 3.61. The van der Waals surface area contributed by atoms with Crippen LogP contribution in [0.5, 0.6) is 0 Å². The van der Waals surface area contributed by atoms with Gasteiger partial charge in [0, 0.05) is 32.1 Å². The number of aromatic nitrogens is 3. The lowest BCUT2D eigenvalue weighted by Crippen LogP contribution is -2.54. The normalized spacial score (nSPS) is 17.6. The van der Waals surface area contributed by atoms with Crippen LogP contribution in [0.25, 0.3) is 21.7 Å². The van der Waals surface area contributed by atoms with Crippen molar-refractivity contribution in [1.29, 1.82) is 0 Å². The van der Waals surface area contributed by atoms with Gasteiger partial charge < -0.3 is 14.6 Å². The first kappa shape index (κ1) is 29.9. The summed E-state index contributed by atoms with van der Waals surface area (Å²) in [6.45, 7) is 2.02. The summed E-state index contributed by atoms with van der Waals surface area (Å²) in [5, 5.41) is 9.97. The third-order valence-electron chi connectivity index (χ3n) is 10.2. The van der Waals surface area contributed by atoms with Crippen molar-refractivity contribution in [2.24, 2.45) is 11.3 Å². The lowest BCUT2D eigenvalue weighted by atomic mass is 9.63. The fraction of sp³-hybridized carbons (Fsp3) is 0.378. The van der Waals surface area contributed by atoms with Crippen molar-refractivity contribution in [3.8, 4) is 0 Å². The number of benzene rings is 3. The van der Waals surface area contributed by atoms with Crippen molar-refractivity contribution < 1.29 is 14.0 Å². The van der Waals surface area contributed by atoms with Gasteiger partial charge in [-0.2, -0.15) is 5.10 Å². The number of piperidine rings is 1. The first-order valence-corrected chi connectivity index (χ1v) is 16.4. The summed E-state index contributed by atoms with van der Waals surface area (Å²) in [4.78, 5) is 46.8. The third-order valence-corrected chi connectivity index (χ3v) is 10.2. The molecular weight excluding hydrogens is 578 g/mol. The number of hydrogen-bond acceptors (Lipinski definition) is 6. The van der Waals surface area contributed by atoms with E-state index in [9.17, 15) is 14.4 Å². The third kappa shape index (κ3) is 6.18. The zero-order valence-corrected chi connectivity index (χ0v) is 25.9. The van der Waals surface area contributed by atoms with Gasteiger partial charge in [0.25, 0.3) is 5.91 Å². The van der Waals surface area contributed by atoms with Crippen LogP contribution in [0.3, 0.4) is 0 Å². The molecule has 1 atom stereocenters. The van der Waals surface area contributed by atoms with Gasteiger partial charge in [-0.3, -0.25) is 19.1 Å². The highest BCUT2D eigenvalue weighted by molar-refractivity contribution is 5.96. The van der Waals surface area contributed by atoms with Gasteiger partial charge in [-0.15, -0.1) is 0 Å². The second-order valence-electron chi connectivity index (χ2n) is 13.0. The first-order chi connectivity index (χ1) is 22.5. The molecule has 7 rings (SSSR count). The summed E-state index contributed by atoms with van der Waals surface area (Å²) in [5.74, 6) is -0.223. The maximum Gasteiger partial charge on any atom is 0.287 e. The number of fused-ring (bicyclic) bond motifs is 2. The van der Waals surface area contributed by atoms with Crippen LogP contribution < -0.4 is 10.7 Å². The Bertz CT molecular complexity index is 1900. The van der Waals surface area contributed by atoms with Crippen LogP contribution in [0, 0.1) is 11.3 Å². The Morgan fingerprint density at radius 1 is 0.935 bits per heavy atom. The van der Waals surface area contributed by atoms with Gasteiger partial charge >= 0.3 is 0 Å². The van der Waals surface area contributed by atoms with Crippen molar-refractivity contribution in [1.82, 2.24) is 25.0 Å². The van der Waals surface area contributed by atoms with E-state index < -0.39 is 11.9 Å². The number of carbonyl (C=O) groups excluding carboxylic acids is 2. The molecule has 3 aromatic carbocycles. The van der Waals surface area contributed by atoms with E-state index in [0.717, 1.165) is 35.7 Å². The molecule has 0 spiro atoms. The van der Waals surface area contributed by atoms with E-state index >= 15 is 0 Å². The molecule has 5 aromatic rings. The van der Waals surface area contributed by atoms with Crippen LogP contribution in [-0.4, -0.2) is 50.6 Å². The molecule has 2 amide bonds. The first-order valence-electron chi connectivity index (χ1n) is 16.4. The number of likely N-dealkylation sites (tertiary alicyclic amines) is 1. The summed E-state index contributed by atoms with van der Waals surface area (Å²) in [7, 11) is 0. The van der Waals surface area contributed by atoms with Crippen LogP contribution in [0.1, 0.15) is 61.1 Å². The van der Waals surface area contributed by atoms with Crippen LogP contribution in [0.2, 0.25) is 0 Å². The highest BCUT2D eigenvalue weighted by Crippen LogP contribution is 2.47. The molecule has 9 heteroatoms. The Morgan fingerprint density at radius 3 is 2.48 bits per heavy atom. The fourth-order valence-corrected chi connectivity index (χ4v) is 7.69. The Labute approximate surface area is 267 Å². The number of para-hydroxylation sites is 1. The molecule has 1 saturated heterocycles. The molecule has 0 radical (unpaired) electrons. The number of rotatable bonds is 8. The van der Waals surface area contributed by atoms with Crippen molar-refractivity contribution >= 4 is 33.6 Å². The molecule has 236 valence electrons. The fourth-order valence-electron chi connectivity index (χ4n) is 7.69. The van der Waals surface area contributed by atoms with E-state index in [0.29, 0.717) is 36.4 Å². The molecule has 0 unspecified atom stereocenters. The Morgan fingerprint density at radius 2 is 1.70 bits per heavy atom. The Hall–Kier alpha value is -4.79. The number of amides is 2. The second kappa shape index (κ2) is 12.9. The summed E-state index contributed by atoms with van der Waals surface area (Å²) in [6.07, 6.45) is 11.6. The van der Waals surface area contributed by atoms with E-state index in [1.807, 2.05) is 39.9 Å². The quantitative estimate of drug-likeness (QED) is 0.237. The van der Waals surface area contributed by atoms with Crippen LogP contribution in [-0.2, 0) is 17.8 Å². The van der Waals surface area contributed by atoms with Gasteiger partial charge in [-0.05, 0) is 65.5 Å². The van der Waals surface area contributed by atoms with E-state index in [-0.39, 0.29) is 22.5 Å². The predicted molar refractivity (Wildman–Crippen MR) is 176 cm³/mol. The molecular formula is C37H39N5O4. The molecule has 1 aliphatic carbocycles. The van der Waals surface area contributed by atoms with Crippen molar-refractivity contribution in [2.75, 3.05) is 13.1 Å². The minimum absolute atomic E-state index is 0.0521. The number of nitrogens with one attached hydrogen (secondary N) is 1. The zero-order valence-electron chi connectivity index (χ0n) is 25.9. The number of hydrogen-bond donors (Lipinski definition) is 1. The maximum absolute atomic E-state index is 14.3. The lowest BCUT2D eigenvalue weighted by molar-refractivity contribution is -0.136. The van der Waals surface area contributed by atoms with Crippen LogP contribution in [0.4, 0.5) is 0 Å². The van der Waals surface area contributed by atoms with Crippen molar-refractivity contribution in [3.05, 3.63) is 107 Å². The van der Waals surface area contributed by atoms with E-state index in [1.165, 1.54) is 38.2 Å². The van der Waals surface area contributed by atoms with Crippen molar-refractivity contribution in [2.45, 2.75) is 64.0 Å². The monoisotopic (exact) mass is 617 g/mol. The van der Waals surface area contributed by atoms with Gasteiger partial charge in [0.05, 0.1) is 5.39 Å². The standard InChI is InChI=1S/C37H39N5O4/c43-32-22-34(46-33-13-7-6-12-30(32)33)35(44)40-31(21-26-14-15-27-8-4-5-9-28(27)20-26)36(45)41-18-16-37(17-19-41,23-42-25-38-24-39-42)29-10-2-1-3-11-29/h4-9,12-15,20,22,24-25,29,31H,1-3,10-11,16-19,21,23H2,(H,40,44)/t31-/m0/s1. The Kier molecular flexibility index (Phi) is 8.39. The van der Waals surface area contributed by atoms with Crippen LogP contribution in [0.15, 0.2) is 94.7 Å². The lowest BCUT2D eigenvalue weighted by Gasteiger charge is -2.48.